The third-order valence-electron chi connectivity index (χ3n) is 4.82. The van der Waals surface area contributed by atoms with Gasteiger partial charge in [-0.25, -0.2) is 4.79 Å². The molecule has 3 aliphatic rings. The van der Waals surface area contributed by atoms with Crippen LogP contribution in [0.15, 0.2) is 18.2 Å². The summed E-state index contributed by atoms with van der Waals surface area (Å²) in [4.78, 5) is 23.1. The number of aromatic amines is 1. The number of piperidine rings is 3. The van der Waals surface area contributed by atoms with Gasteiger partial charge in [-0.1, -0.05) is 0 Å². The molecule has 0 unspecified atom stereocenters. The molecule has 1 aromatic heterocycles. The molecule has 5 rings (SSSR count). The first-order valence-electron chi connectivity index (χ1n) is 8.56. The Balaban J connectivity index is 0.000000706. The van der Waals surface area contributed by atoms with Gasteiger partial charge in [0.2, 0.25) is 0 Å². The normalized spacial score (nSPS) is 23.6. The number of esters is 1. The van der Waals surface area contributed by atoms with Crippen LogP contribution in [0.5, 0.6) is 5.75 Å². The highest BCUT2D eigenvalue weighted by atomic mass is 19.4. The Morgan fingerprint density at radius 1 is 1.32 bits per heavy atom. The number of alkyl halides is 3. The Morgan fingerprint density at radius 3 is 2.57 bits per heavy atom. The summed E-state index contributed by atoms with van der Waals surface area (Å²) in [6, 6.07) is 3.68. The number of fused-ring (bicyclic) bond motifs is 4. The van der Waals surface area contributed by atoms with Crippen molar-refractivity contribution in [2.45, 2.75) is 25.3 Å². The number of carbonyl (C=O) groups excluding carboxylic acids is 1. The summed E-state index contributed by atoms with van der Waals surface area (Å²) in [5, 5.41) is 13.7. The smallest absolute Gasteiger partial charge is 0.483 e. The Labute approximate surface area is 157 Å². The number of nitrogens with zero attached hydrogens (tertiary/aromatic N) is 2. The molecule has 0 amide bonds. The van der Waals surface area contributed by atoms with Gasteiger partial charge in [0.1, 0.15) is 11.9 Å². The van der Waals surface area contributed by atoms with Gasteiger partial charge in [0.05, 0.1) is 5.52 Å². The highest BCUT2D eigenvalue weighted by molar-refractivity contribution is 6.02. The number of carboxylic acid groups (broad SMARTS) is 1. The molecule has 1 aromatic carbocycles. The van der Waals surface area contributed by atoms with Crippen molar-refractivity contribution in [3.63, 3.8) is 0 Å². The summed E-state index contributed by atoms with van der Waals surface area (Å²) < 4.78 is 46.6. The zero-order valence-corrected chi connectivity index (χ0v) is 14.6. The zero-order valence-electron chi connectivity index (χ0n) is 14.6. The van der Waals surface area contributed by atoms with Gasteiger partial charge < -0.3 is 14.6 Å². The summed E-state index contributed by atoms with van der Waals surface area (Å²) in [6.07, 6.45) is -3.02. The summed E-state index contributed by atoms with van der Waals surface area (Å²) in [6.45, 7) is 2.48. The lowest BCUT2D eigenvalue weighted by Crippen LogP contribution is -2.51. The molecule has 2 aromatic rings. The highest BCUT2D eigenvalue weighted by Gasteiger charge is 2.37. The average Bonchev–Trinajstić information content (AvgIpc) is 3.05. The Morgan fingerprint density at radius 2 is 2.00 bits per heavy atom. The van der Waals surface area contributed by atoms with Crippen LogP contribution in [0.1, 0.15) is 23.3 Å². The monoisotopic (exact) mass is 401 g/mol. The van der Waals surface area contributed by atoms with E-state index < -0.39 is 18.1 Å². The van der Waals surface area contributed by atoms with Gasteiger partial charge in [0, 0.05) is 11.9 Å². The number of carbonyl (C=O) groups is 2. The van der Waals surface area contributed by atoms with Gasteiger partial charge in [-0.15, -0.1) is 13.2 Å². The number of hydrogen-bond donors (Lipinski definition) is 2. The molecular weight excluding hydrogens is 383 g/mol. The van der Waals surface area contributed by atoms with Gasteiger partial charge in [-0.2, -0.15) is 5.10 Å². The molecule has 3 aliphatic heterocycles. The van der Waals surface area contributed by atoms with E-state index in [0.717, 1.165) is 38.1 Å². The van der Waals surface area contributed by atoms with Gasteiger partial charge in [0.15, 0.2) is 5.69 Å². The lowest BCUT2D eigenvalue weighted by atomic mass is 9.86. The van der Waals surface area contributed by atoms with Crippen LogP contribution >= 0.6 is 0 Å². The first-order chi connectivity index (χ1) is 13.3. The zero-order chi connectivity index (χ0) is 20.3. The summed E-state index contributed by atoms with van der Waals surface area (Å²) in [5.74, 6) is -0.698. The second-order valence-electron chi connectivity index (χ2n) is 6.51. The molecular formula is C17H18F3N3O5. The maximum atomic E-state index is 12.5. The molecule has 4 heterocycles. The molecule has 28 heavy (non-hydrogen) atoms. The second kappa shape index (κ2) is 8.05. The van der Waals surface area contributed by atoms with E-state index in [1.807, 2.05) is 0 Å². The molecule has 0 spiro atoms. The van der Waals surface area contributed by atoms with Crippen molar-refractivity contribution in [1.29, 1.82) is 0 Å². The number of ether oxygens (including phenoxy) is 2. The number of halogens is 3. The molecule has 0 aliphatic carbocycles. The van der Waals surface area contributed by atoms with Crippen molar-refractivity contribution in [3.8, 4) is 5.75 Å². The Hall–Kier alpha value is -2.82. The molecule has 3 fully saturated rings. The number of aromatic nitrogens is 2. The minimum Gasteiger partial charge on any atom is -0.483 e. The minimum absolute atomic E-state index is 0.0286. The van der Waals surface area contributed by atoms with E-state index >= 15 is 0 Å². The van der Waals surface area contributed by atoms with Gasteiger partial charge >= 0.3 is 12.3 Å². The van der Waals surface area contributed by atoms with E-state index in [9.17, 15) is 18.0 Å². The van der Waals surface area contributed by atoms with Crippen LogP contribution < -0.4 is 4.74 Å². The molecule has 3 saturated heterocycles. The van der Waals surface area contributed by atoms with Crippen molar-refractivity contribution in [3.05, 3.63) is 23.9 Å². The topological polar surface area (TPSA) is 105 Å². The number of hydrogen-bond acceptors (Lipinski definition) is 6. The highest BCUT2D eigenvalue weighted by Crippen LogP contribution is 2.31. The van der Waals surface area contributed by atoms with Gasteiger partial charge in [-0.3, -0.25) is 14.8 Å². The van der Waals surface area contributed by atoms with Crippen molar-refractivity contribution in [2.75, 3.05) is 19.6 Å². The van der Waals surface area contributed by atoms with Crippen molar-refractivity contribution in [1.82, 2.24) is 15.1 Å². The molecule has 152 valence electrons. The first kappa shape index (κ1) is 19.9. The van der Waals surface area contributed by atoms with Gasteiger partial charge in [0.25, 0.3) is 6.47 Å². The van der Waals surface area contributed by atoms with E-state index in [4.69, 9.17) is 14.6 Å². The van der Waals surface area contributed by atoms with Crippen LogP contribution in [0, 0.1) is 5.92 Å². The number of nitrogens with one attached hydrogen (secondary N) is 1. The third-order valence-corrected chi connectivity index (χ3v) is 4.82. The van der Waals surface area contributed by atoms with E-state index in [-0.39, 0.29) is 23.7 Å². The van der Waals surface area contributed by atoms with E-state index in [1.165, 1.54) is 6.07 Å². The Bertz CT molecular complexity index is 846. The van der Waals surface area contributed by atoms with Crippen molar-refractivity contribution < 1.29 is 37.3 Å². The maximum absolute atomic E-state index is 12.5. The lowest BCUT2D eigenvalue weighted by Gasteiger charge is -2.43. The number of H-pyrrole nitrogens is 1. The summed E-state index contributed by atoms with van der Waals surface area (Å²) >= 11 is 0. The molecule has 1 atom stereocenters. The van der Waals surface area contributed by atoms with Crippen molar-refractivity contribution in [2.24, 2.45) is 5.92 Å². The molecule has 0 saturated carbocycles. The standard InChI is InChI=1S/C16H16F3N3O3.CH2O2/c17-16(18,19)25-10-1-2-12-11(7-10)14(21-20-12)15(23)24-13-8-22-5-3-9(13)4-6-22;2-1-3/h1-2,7,9,13H,3-6,8H2,(H,20,21);1H,(H,2,3)/t13-;/m0./s1. The molecule has 0 radical (unpaired) electrons. The Kier molecular flexibility index (Phi) is 5.73. The largest absolute Gasteiger partial charge is 0.573 e. The van der Waals surface area contributed by atoms with Crippen LogP contribution in [0.25, 0.3) is 10.9 Å². The van der Waals surface area contributed by atoms with Crippen LogP contribution in [-0.2, 0) is 9.53 Å². The average molecular weight is 401 g/mol. The molecule has 11 heteroatoms. The molecule has 2 N–H and O–H groups in total. The summed E-state index contributed by atoms with van der Waals surface area (Å²) in [7, 11) is 0. The minimum atomic E-state index is -4.80. The third kappa shape index (κ3) is 4.53. The maximum Gasteiger partial charge on any atom is 0.573 e. The summed E-state index contributed by atoms with van der Waals surface area (Å²) in [5.41, 5.74) is 0.412. The van der Waals surface area contributed by atoms with Crippen LogP contribution in [0.2, 0.25) is 0 Å². The fraction of sp³-hybridized carbons (Fsp3) is 0.471. The predicted octanol–water partition coefficient (Wildman–Crippen LogP) is 2.41. The van der Waals surface area contributed by atoms with Crippen LogP contribution in [-0.4, -0.2) is 64.7 Å². The van der Waals surface area contributed by atoms with E-state index in [2.05, 4.69) is 19.8 Å². The number of benzene rings is 1. The SMILES string of the molecule is O=C(O[C@H]1CN2CCC1CC2)c1n[nH]c2ccc(OC(F)(F)F)cc12.O=CO. The molecule has 2 bridgehead atoms. The lowest BCUT2D eigenvalue weighted by molar-refractivity contribution is -0.274. The second-order valence-corrected chi connectivity index (χ2v) is 6.51. The fourth-order valence-corrected chi connectivity index (χ4v) is 3.58. The predicted molar refractivity (Wildman–Crippen MR) is 89.8 cm³/mol. The van der Waals surface area contributed by atoms with E-state index in [0.29, 0.717) is 18.0 Å². The van der Waals surface area contributed by atoms with E-state index in [1.54, 1.807) is 0 Å². The number of rotatable bonds is 3. The fourth-order valence-electron chi connectivity index (χ4n) is 3.58. The molecule has 8 nitrogen and oxygen atoms in total. The van der Waals surface area contributed by atoms with Crippen LogP contribution in [0.4, 0.5) is 13.2 Å². The van der Waals surface area contributed by atoms with Gasteiger partial charge in [-0.05, 0) is 50.0 Å². The van der Waals surface area contributed by atoms with Crippen LogP contribution in [0.3, 0.4) is 0 Å². The first-order valence-corrected chi connectivity index (χ1v) is 8.56. The van der Waals surface area contributed by atoms with Crippen molar-refractivity contribution >= 4 is 23.3 Å². The quantitative estimate of drug-likeness (QED) is 0.601.